The van der Waals surface area contributed by atoms with E-state index in [2.05, 4.69) is 41.0 Å². The van der Waals surface area contributed by atoms with Crippen molar-refractivity contribution in [2.45, 2.75) is 40.0 Å². The molecule has 0 aliphatic heterocycles. The third-order valence-corrected chi connectivity index (χ3v) is 3.89. The van der Waals surface area contributed by atoms with E-state index in [1.165, 1.54) is 6.20 Å². The van der Waals surface area contributed by atoms with Gasteiger partial charge in [-0.15, -0.1) is 5.10 Å². The van der Waals surface area contributed by atoms with Crippen molar-refractivity contribution >= 4 is 28.5 Å². The van der Waals surface area contributed by atoms with Gasteiger partial charge in [0.15, 0.2) is 0 Å². The van der Waals surface area contributed by atoms with Crippen molar-refractivity contribution in [1.29, 1.82) is 0 Å². The molecule has 1 rings (SSSR count). The van der Waals surface area contributed by atoms with Crippen molar-refractivity contribution in [2.75, 3.05) is 11.9 Å². The van der Waals surface area contributed by atoms with Crippen molar-refractivity contribution in [3.63, 3.8) is 0 Å². The highest BCUT2D eigenvalue weighted by atomic mass is 32.1. The molecule has 1 atom stereocenters. The summed E-state index contributed by atoms with van der Waals surface area (Å²) in [7, 11) is 0. The number of carbonyl (C=O) groups excluding carboxylic acids is 1. The van der Waals surface area contributed by atoms with Crippen molar-refractivity contribution in [2.24, 2.45) is 11.3 Å². The number of hydrogen-bond donors (Lipinski definition) is 3. The Morgan fingerprint density at radius 3 is 2.62 bits per heavy atom. The predicted molar refractivity (Wildman–Crippen MR) is 81.4 cm³/mol. The van der Waals surface area contributed by atoms with Crippen LogP contribution in [0.1, 0.15) is 40.0 Å². The molecule has 21 heavy (non-hydrogen) atoms. The number of anilines is 1. The molecule has 1 heterocycles. The molecule has 0 spiro atoms. The topological polar surface area (TPSA) is 104 Å². The number of urea groups is 1. The first-order chi connectivity index (χ1) is 9.79. The summed E-state index contributed by atoms with van der Waals surface area (Å²) in [5.41, 5.74) is 0.00913. The lowest BCUT2D eigenvalue weighted by Crippen LogP contribution is -2.32. The van der Waals surface area contributed by atoms with Crippen LogP contribution in [0.2, 0.25) is 0 Å². The number of nitrogens with zero attached hydrogens (tertiary/aromatic N) is 2. The van der Waals surface area contributed by atoms with E-state index in [-0.39, 0.29) is 23.8 Å². The van der Waals surface area contributed by atoms with Gasteiger partial charge in [-0.3, -0.25) is 10.1 Å². The Balaban J connectivity index is 2.35. The largest absolute Gasteiger partial charge is 0.481 e. The normalized spacial score (nSPS) is 12.7. The first-order valence-corrected chi connectivity index (χ1v) is 7.60. The number of carbonyl (C=O) groups is 2. The Morgan fingerprint density at radius 2 is 2.10 bits per heavy atom. The van der Waals surface area contributed by atoms with E-state index in [0.29, 0.717) is 18.0 Å². The van der Waals surface area contributed by atoms with E-state index in [1.807, 2.05) is 0 Å². The SMILES string of the molecule is CC(C)(C)C(CCNC(=O)Nc1cnns1)CCC(=O)O. The van der Waals surface area contributed by atoms with Crippen LogP contribution in [-0.4, -0.2) is 33.2 Å². The Labute approximate surface area is 128 Å². The molecule has 0 bridgehead atoms. The summed E-state index contributed by atoms with van der Waals surface area (Å²) >= 11 is 1.11. The van der Waals surface area contributed by atoms with Crippen molar-refractivity contribution in [3.8, 4) is 0 Å². The highest BCUT2D eigenvalue weighted by Crippen LogP contribution is 2.32. The minimum atomic E-state index is -0.785. The van der Waals surface area contributed by atoms with Crippen LogP contribution in [0.4, 0.5) is 9.80 Å². The van der Waals surface area contributed by atoms with Gasteiger partial charge in [0.25, 0.3) is 0 Å². The van der Waals surface area contributed by atoms with E-state index in [9.17, 15) is 9.59 Å². The number of hydrogen-bond acceptors (Lipinski definition) is 5. The monoisotopic (exact) mass is 314 g/mol. The van der Waals surface area contributed by atoms with Crippen molar-refractivity contribution in [1.82, 2.24) is 14.9 Å². The molecular weight excluding hydrogens is 292 g/mol. The van der Waals surface area contributed by atoms with E-state index < -0.39 is 5.97 Å². The second-order valence-corrected chi connectivity index (χ2v) is 6.73. The summed E-state index contributed by atoms with van der Waals surface area (Å²) < 4.78 is 3.65. The molecule has 0 saturated heterocycles. The van der Waals surface area contributed by atoms with Crippen LogP contribution in [0.25, 0.3) is 0 Å². The quantitative estimate of drug-likeness (QED) is 0.717. The lowest BCUT2D eigenvalue weighted by molar-refractivity contribution is -0.137. The second-order valence-electron chi connectivity index (χ2n) is 5.95. The number of amides is 2. The van der Waals surface area contributed by atoms with E-state index in [1.54, 1.807) is 0 Å². The van der Waals surface area contributed by atoms with Gasteiger partial charge in [-0.25, -0.2) is 4.79 Å². The molecule has 0 fully saturated rings. The Morgan fingerprint density at radius 1 is 1.38 bits per heavy atom. The van der Waals surface area contributed by atoms with E-state index in [4.69, 9.17) is 5.11 Å². The summed E-state index contributed by atoms with van der Waals surface area (Å²) in [4.78, 5) is 22.3. The lowest BCUT2D eigenvalue weighted by atomic mass is 9.76. The third kappa shape index (κ3) is 7.03. The van der Waals surface area contributed by atoms with Gasteiger partial charge >= 0.3 is 12.0 Å². The van der Waals surface area contributed by atoms with E-state index >= 15 is 0 Å². The smallest absolute Gasteiger partial charge is 0.319 e. The highest BCUT2D eigenvalue weighted by molar-refractivity contribution is 7.10. The van der Waals surface area contributed by atoms with Crippen molar-refractivity contribution < 1.29 is 14.7 Å². The first-order valence-electron chi connectivity index (χ1n) is 6.83. The summed E-state index contributed by atoms with van der Waals surface area (Å²) in [6.45, 7) is 6.76. The number of aromatic nitrogens is 2. The molecule has 8 heteroatoms. The molecule has 2 amide bonds. The maximum Gasteiger partial charge on any atom is 0.319 e. The summed E-state index contributed by atoms with van der Waals surface area (Å²) in [6.07, 6.45) is 2.99. The molecular formula is C13H22N4O3S. The molecule has 0 aromatic carbocycles. The van der Waals surface area contributed by atoms with Gasteiger partial charge in [0.1, 0.15) is 5.00 Å². The van der Waals surface area contributed by atoms with E-state index in [0.717, 1.165) is 18.0 Å². The first kappa shape index (κ1) is 17.4. The predicted octanol–water partition coefficient (Wildman–Crippen LogP) is 2.58. The number of aliphatic carboxylic acids is 1. The Hall–Kier alpha value is -1.70. The minimum absolute atomic E-state index is 0.00913. The molecule has 0 aliphatic rings. The molecule has 7 nitrogen and oxygen atoms in total. The second kappa shape index (κ2) is 7.92. The highest BCUT2D eigenvalue weighted by Gasteiger charge is 2.24. The molecule has 1 aromatic heterocycles. The molecule has 118 valence electrons. The fraction of sp³-hybridized carbons (Fsp3) is 0.692. The molecule has 0 saturated carbocycles. The average molecular weight is 314 g/mol. The molecule has 3 N–H and O–H groups in total. The summed E-state index contributed by atoms with van der Waals surface area (Å²) in [5, 5.41) is 18.4. The van der Waals surface area contributed by atoms with Gasteiger partial charge in [0, 0.05) is 24.5 Å². The van der Waals surface area contributed by atoms with Crippen LogP contribution in [-0.2, 0) is 4.79 Å². The van der Waals surface area contributed by atoms with Gasteiger partial charge < -0.3 is 10.4 Å². The number of carboxylic acid groups (broad SMARTS) is 1. The third-order valence-electron chi connectivity index (χ3n) is 3.31. The van der Waals surface area contributed by atoms with Gasteiger partial charge in [-0.2, -0.15) is 0 Å². The van der Waals surface area contributed by atoms with Gasteiger partial charge in [0.05, 0.1) is 6.20 Å². The number of carboxylic acids is 1. The van der Waals surface area contributed by atoms with Gasteiger partial charge in [0.2, 0.25) is 0 Å². The van der Waals surface area contributed by atoms with Crippen LogP contribution < -0.4 is 10.6 Å². The molecule has 0 radical (unpaired) electrons. The fourth-order valence-corrected chi connectivity index (χ4v) is 2.46. The fourth-order valence-electron chi connectivity index (χ4n) is 2.05. The molecule has 0 aliphatic carbocycles. The van der Waals surface area contributed by atoms with Crippen LogP contribution in [0.5, 0.6) is 0 Å². The van der Waals surface area contributed by atoms with Gasteiger partial charge in [-0.1, -0.05) is 25.3 Å². The molecule has 1 unspecified atom stereocenters. The van der Waals surface area contributed by atoms with Gasteiger partial charge in [-0.05, 0) is 24.2 Å². The lowest BCUT2D eigenvalue weighted by Gasteiger charge is -2.30. The maximum atomic E-state index is 11.6. The zero-order chi connectivity index (χ0) is 15.9. The Bertz CT molecular complexity index is 456. The Kier molecular flexibility index (Phi) is 6.54. The average Bonchev–Trinajstić information content (AvgIpc) is 2.84. The zero-order valence-corrected chi connectivity index (χ0v) is 13.4. The summed E-state index contributed by atoms with van der Waals surface area (Å²) in [6, 6.07) is -0.299. The summed E-state index contributed by atoms with van der Waals surface area (Å²) in [5.74, 6) is -0.549. The minimum Gasteiger partial charge on any atom is -0.481 e. The molecule has 1 aromatic rings. The van der Waals surface area contributed by atoms with Crippen LogP contribution in [0.15, 0.2) is 6.20 Å². The maximum absolute atomic E-state index is 11.6. The zero-order valence-electron chi connectivity index (χ0n) is 12.5. The number of rotatable bonds is 7. The number of nitrogens with one attached hydrogen (secondary N) is 2. The van der Waals surface area contributed by atoms with Crippen LogP contribution in [0.3, 0.4) is 0 Å². The van der Waals surface area contributed by atoms with Crippen LogP contribution >= 0.6 is 11.5 Å². The van der Waals surface area contributed by atoms with Crippen molar-refractivity contribution in [3.05, 3.63) is 6.20 Å². The standard InChI is InChI=1S/C13H22N4O3S/c1-13(2,3)9(4-5-11(18)19)6-7-14-12(20)16-10-8-15-17-21-10/h8-9H,4-7H2,1-3H3,(H,18,19)(H2,14,16,20). The van der Waals surface area contributed by atoms with Crippen LogP contribution in [0, 0.1) is 11.3 Å².